The van der Waals surface area contributed by atoms with Gasteiger partial charge in [0, 0.05) is 50.8 Å². The molecule has 0 radical (unpaired) electrons. The fourth-order valence-corrected chi connectivity index (χ4v) is 14.1. The van der Waals surface area contributed by atoms with Crippen LogP contribution in [0.3, 0.4) is 0 Å². The molecular weight excluding hydrogens is 1000 g/mol. The lowest BCUT2D eigenvalue weighted by molar-refractivity contribution is 0.669. The van der Waals surface area contributed by atoms with Crippen molar-refractivity contribution in [1.29, 1.82) is 0 Å². The van der Waals surface area contributed by atoms with E-state index in [1.54, 1.807) is 0 Å². The van der Waals surface area contributed by atoms with Crippen LogP contribution in [-0.4, -0.2) is 0 Å². The average Bonchev–Trinajstić information content (AvgIpc) is 3.51. The highest BCUT2D eigenvalue weighted by molar-refractivity contribution is 6.07. The van der Waals surface area contributed by atoms with E-state index in [4.69, 9.17) is 4.42 Å². The molecule has 1 heterocycles. The molecule has 0 saturated carbocycles. The molecule has 0 saturated heterocycles. The zero-order valence-electron chi connectivity index (χ0n) is 46.0. The molecular formula is C80H56N2O. The second kappa shape index (κ2) is 19.7. The zero-order valence-corrected chi connectivity index (χ0v) is 46.0. The van der Waals surface area contributed by atoms with E-state index in [-0.39, 0.29) is 5.92 Å². The Labute approximate surface area is 484 Å². The van der Waals surface area contributed by atoms with Gasteiger partial charge < -0.3 is 14.2 Å². The summed E-state index contributed by atoms with van der Waals surface area (Å²) in [5, 5.41) is 2.27. The first-order valence-corrected chi connectivity index (χ1v) is 28.9. The summed E-state index contributed by atoms with van der Waals surface area (Å²) < 4.78 is 6.54. The Morgan fingerprint density at radius 1 is 0.325 bits per heavy atom. The molecule has 3 aliphatic carbocycles. The molecule has 3 nitrogen and oxygen atoms in total. The molecule has 0 aliphatic heterocycles. The summed E-state index contributed by atoms with van der Waals surface area (Å²) in [6.07, 6.45) is 5.67. The van der Waals surface area contributed by atoms with E-state index in [0.29, 0.717) is 0 Å². The fourth-order valence-electron chi connectivity index (χ4n) is 14.1. The second-order valence-corrected chi connectivity index (χ2v) is 22.4. The van der Waals surface area contributed by atoms with Crippen molar-refractivity contribution in [1.82, 2.24) is 0 Å². The van der Waals surface area contributed by atoms with Crippen molar-refractivity contribution in [2.75, 3.05) is 9.80 Å². The van der Waals surface area contributed by atoms with Crippen LogP contribution in [0.5, 0.6) is 0 Å². The Balaban J connectivity index is 0.916. The number of para-hydroxylation sites is 5. The van der Waals surface area contributed by atoms with E-state index in [0.717, 1.165) is 67.9 Å². The van der Waals surface area contributed by atoms with E-state index < -0.39 is 5.41 Å². The number of fused-ring (bicyclic) bond motifs is 13. The van der Waals surface area contributed by atoms with E-state index in [9.17, 15) is 0 Å². The molecule has 16 rings (SSSR count). The molecule has 3 aliphatic rings. The maximum absolute atomic E-state index is 6.54. The molecule has 392 valence electrons. The van der Waals surface area contributed by atoms with E-state index in [1.807, 2.05) is 6.07 Å². The molecule has 13 aromatic rings. The van der Waals surface area contributed by atoms with Crippen LogP contribution >= 0.6 is 0 Å². The van der Waals surface area contributed by atoms with Gasteiger partial charge in [-0.2, -0.15) is 0 Å². The van der Waals surface area contributed by atoms with Gasteiger partial charge >= 0.3 is 0 Å². The summed E-state index contributed by atoms with van der Waals surface area (Å²) >= 11 is 0. The van der Waals surface area contributed by atoms with Crippen molar-refractivity contribution in [2.45, 2.75) is 18.8 Å². The molecule has 2 unspecified atom stereocenters. The molecule has 1 aromatic heterocycles. The lowest BCUT2D eigenvalue weighted by Gasteiger charge is -2.34. The SMILES string of the molecule is CC1CC(c2cccc3c2-c2cc(-c4ccc5c(c4)oc4ccccc45)ccc2C32c3ccc(-c4ccccc4)cc3-c3c(-c4ccc(N(c5ccccc5)c5ccccc5)cc4)cccc32)=CC=C1N(c1ccccc1)c1ccccc1. The normalized spacial score (nSPS) is 15.6. The van der Waals surface area contributed by atoms with Gasteiger partial charge in [-0.25, -0.2) is 0 Å². The van der Waals surface area contributed by atoms with Gasteiger partial charge in [0.2, 0.25) is 0 Å². The second-order valence-electron chi connectivity index (χ2n) is 22.4. The third-order valence-electron chi connectivity index (χ3n) is 17.7. The summed E-state index contributed by atoms with van der Waals surface area (Å²) in [5.74, 6) is 0.216. The highest BCUT2D eigenvalue weighted by atomic mass is 16.3. The highest BCUT2D eigenvalue weighted by Gasteiger charge is 2.53. The third kappa shape index (κ3) is 7.80. The Morgan fingerprint density at radius 3 is 1.37 bits per heavy atom. The van der Waals surface area contributed by atoms with Crippen LogP contribution < -0.4 is 9.80 Å². The van der Waals surface area contributed by atoms with Gasteiger partial charge in [0.1, 0.15) is 11.2 Å². The Bertz CT molecular complexity index is 4620. The minimum Gasteiger partial charge on any atom is -0.456 e. The first-order valence-electron chi connectivity index (χ1n) is 28.9. The number of hydrogen-bond acceptors (Lipinski definition) is 3. The minimum absolute atomic E-state index is 0.216. The standard InChI is InChI=1S/C80H56N2O/c1-53-49-59(42-48-75(53)82(62-27-13-5-14-28-62)63-29-15-6-16-30-63)66-33-20-35-74-79(66)70-51-57(58-39-45-68-67-31-17-18-36-76(67)83-77(68)52-58)41-47-72(70)80(74)71-46-40-56(54-21-7-2-8-22-54)50-69(71)78-65(32-19-34-73(78)80)55-37-43-64(44-38-55)81(60-23-9-3-10-24-60)61-25-11-4-12-26-61/h2-48,50-53H,49H2,1H3. The number of allylic oxidation sites excluding steroid dienone is 4. The zero-order chi connectivity index (χ0) is 55.0. The summed E-state index contributed by atoms with van der Waals surface area (Å²) in [4.78, 5) is 4.77. The van der Waals surface area contributed by atoms with Crippen molar-refractivity contribution >= 4 is 55.9 Å². The summed E-state index contributed by atoms with van der Waals surface area (Å²) in [6.45, 7) is 2.39. The Kier molecular flexibility index (Phi) is 11.5. The summed E-state index contributed by atoms with van der Waals surface area (Å²) in [6, 6.07) is 107. The van der Waals surface area contributed by atoms with Gasteiger partial charge in [-0.3, -0.25) is 0 Å². The van der Waals surface area contributed by atoms with E-state index in [2.05, 4.69) is 314 Å². The molecule has 0 bridgehead atoms. The van der Waals surface area contributed by atoms with Crippen LogP contribution in [-0.2, 0) is 5.41 Å². The number of rotatable bonds is 10. The number of benzene rings is 12. The maximum atomic E-state index is 6.54. The monoisotopic (exact) mass is 1060 g/mol. The van der Waals surface area contributed by atoms with Crippen molar-refractivity contribution in [3.8, 4) is 55.6 Å². The lowest BCUT2D eigenvalue weighted by Crippen LogP contribution is -2.26. The van der Waals surface area contributed by atoms with Crippen molar-refractivity contribution in [2.24, 2.45) is 5.92 Å². The van der Waals surface area contributed by atoms with E-state index >= 15 is 0 Å². The van der Waals surface area contributed by atoms with Crippen LogP contribution in [0.25, 0.3) is 83.1 Å². The van der Waals surface area contributed by atoms with Crippen molar-refractivity contribution in [3.05, 3.63) is 337 Å². The number of anilines is 5. The van der Waals surface area contributed by atoms with Gasteiger partial charge in [-0.1, -0.05) is 213 Å². The van der Waals surface area contributed by atoms with Crippen LogP contribution in [0, 0.1) is 5.92 Å². The first-order chi connectivity index (χ1) is 41.1. The molecule has 0 amide bonds. The molecule has 3 heteroatoms. The first kappa shape index (κ1) is 48.4. The molecule has 2 atom stereocenters. The van der Waals surface area contributed by atoms with Crippen LogP contribution in [0.4, 0.5) is 28.4 Å². The largest absolute Gasteiger partial charge is 0.456 e. The van der Waals surface area contributed by atoms with Crippen LogP contribution in [0.2, 0.25) is 0 Å². The maximum Gasteiger partial charge on any atom is 0.136 e. The average molecular weight is 1060 g/mol. The summed E-state index contributed by atoms with van der Waals surface area (Å²) in [7, 11) is 0. The topological polar surface area (TPSA) is 19.6 Å². The lowest BCUT2D eigenvalue weighted by atomic mass is 9.70. The molecule has 0 fully saturated rings. The predicted octanol–water partition coefficient (Wildman–Crippen LogP) is 21.5. The molecule has 1 spiro atoms. The quantitative estimate of drug-likeness (QED) is 0.136. The third-order valence-corrected chi connectivity index (χ3v) is 17.7. The van der Waals surface area contributed by atoms with Crippen LogP contribution in [0.1, 0.15) is 41.2 Å². The smallest absolute Gasteiger partial charge is 0.136 e. The summed E-state index contributed by atoms with van der Waals surface area (Å²) in [5.41, 5.74) is 28.1. The van der Waals surface area contributed by atoms with Crippen LogP contribution in [0.15, 0.2) is 313 Å². The number of furan rings is 1. The Hall–Kier alpha value is -10.5. The minimum atomic E-state index is -0.631. The van der Waals surface area contributed by atoms with Gasteiger partial charge in [0.15, 0.2) is 0 Å². The van der Waals surface area contributed by atoms with Gasteiger partial charge in [-0.05, 0) is 193 Å². The van der Waals surface area contributed by atoms with Gasteiger partial charge in [-0.15, -0.1) is 0 Å². The fraction of sp³-hybridized carbons (Fsp3) is 0.0500. The van der Waals surface area contributed by atoms with Crippen molar-refractivity contribution in [3.63, 3.8) is 0 Å². The van der Waals surface area contributed by atoms with Gasteiger partial charge in [0.05, 0.1) is 5.41 Å². The number of hydrogen-bond donors (Lipinski definition) is 0. The predicted molar refractivity (Wildman–Crippen MR) is 346 cm³/mol. The Morgan fingerprint density at radius 2 is 0.783 bits per heavy atom. The highest BCUT2D eigenvalue weighted by Crippen LogP contribution is 2.66. The van der Waals surface area contributed by atoms with Crippen molar-refractivity contribution < 1.29 is 4.42 Å². The van der Waals surface area contributed by atoms with E-state index in [1.165, 1.54) is 83.6 Å². The molecule has 0 N–H and O–H groups in total. The number of nitrogens with zero attached hydrogens (tertiary/aromatic N) is 2. The molecule has 12 aromatic carbocycles. The van der Waals surface area contributed by atoms with Gasteiger partial charge in [0.25, 0.3) is 0 Å². The molecule has 83 heavy (non-hydrogen) atoms.